The monoisotopic (exact) mass is 308 g/mol. The average Bonchev–Trinajstić information content (AvgIpc) is 2.99. The van der Waals surface area contributed by atoms with E-state index in [-0.39, 0.29) is 17.4 Å². The molecule has 112 valence electrons. The van der Waals surface area contributed by atoms with E-state index in [0.29, 0.717) is 22.7 Å². The van der Waals surface area contributed by atoms with Crippen molar-refractivity contribution in [3.63, 3.8) is 0 Å². The number of aromatic nitrogens is 4. The second-order valence-electron chi connectivity index (χ2n) is 5.19. The van der Waals surface area contributed by atoms with Crippen molar-refractivity contribution in [3.05, 3.63) is 31.9 Å². The van der Waals surface area contributed by atoms with Gasteiger partial charge in [-0.3, -0.25) is 18.3 Å². The highest BCUT2D eigenvalue weighted by Gasteiger charge is 2.18. The van der Waals surface area contributed by atoms with Crippen molar-refractivity contribution in [1.82, 2.24) is 18.5 Å². The Morgan fingerprint density at radius 3 is 2.67 bits per heavy atom. The first-order chi connectivity index (χ1) is 9.91. The summed E-state index contributed by atoms with van der Waals surface area (Å²) in [5.41, 5.74) is 0.962. The van der Waals surface area contributed by atoms with Crippen molar-refractivity contribution in [1.29, 1.82) is 0 Å². The van der Waals surface area contributed by atoms with Crippen LogP contribution in [-0.2, 0) is 25.4 Å². The van der Waals surface area contributed by atoms with E-state index in [9.17, 15) is 9.59 Å². The maximum absolute atomic E-state index is 12.4. The Hall–Kier alpha value is -1.93. The first kappa shape index (κ1) is 14.0. The SMILES string of the molecule is CC(C)OCc1csc2nc3c(c(=O)n(C)c(=O)n3C)n12. The normalized spacial score (nSPS) is 12.0. The average molecular weight is 308 g/mol. The quantitative estimate of drug-likeness (QED) is 0.720. The molecule has 0 fully saturated rings. The van der Waals surface area contributed by atoms with Crippen molar-refractivity contribution in [2.24, 2.45) is 14.1 Å². The van der Waals surface area contributed by atoms with Crippen LogP contribution in [0.3, 0.4) is 0 Å². The Morgan fingerprint density at radius 1 is 1.29 bits per heavy atom. The van der Waals surface area contributed by atoms with Crippen LogP contribution in [0.25, 0.3) is 16.1 Å². The Kier molecular flexibility index (Phi) is 3.22. The van der Waals surface area contributed by atoms with Crippen molar-refractivity contribution in [2.45, 2.75) is 26.6 Å². The summed E-state index contributed by atoms with van der Waals surface area (Å²) < 4.78 is 9.89. The number of aryl methyl sites for hydroxylation is 1. The van der Waals surface area contributed by atoms with Gasteiger partial charge >= 0.3 is 5.69 Å². The van der Waals surface area contributed by atoms with Crippen LogP contribution in [0.1, 0.15) is 19.5 Å². The standard InChI is InChI=1S/C13H16N4O3S/c1-7(2)20-5-8-6-21-12-14-10-9(17(8)12)11(18)16(4)13(19)15(10)3/h6-7H,5H2,1-4H3. The largest absolute Gasteiger partial charge is 0.373 e. The zero-order chi connectivity index (χ0) is 15.3. The molecule has 0 atom stereocenters. The molecular weight excluding hydrogens is 292 g/mol. The lowest BCUT2D eigenvalue weighted by molar-refractivity contribution is 0.0634. The molecule has 21 heavy (non-hydrogen) atoms. The molecule has 7 nitrogen and oxygen atoms in total. The van der Waals surface area contributed by atoms with Crippen LogP contribution in [0, 0.1) is 0 Å². The summed E-state index contributed by atoms with van der Waals surface area (Å²) in [5, 5.41) is 1.93. The van der Waals surface area contributed by atoms with Crippen LogP contribution >= 0.6 is 11.3 Å². The molecule has 3 aromatic heterocycles. The molecule has 0 amide bonds. The molecule has 0 N–H and O–H groups in total. The fourth-order valence-electron chi connectivity index (χ4n) is 2.25. The van der Waals surface area contributed by atoms with Crippen LogP contribution in [0.5, 0.6) is 0 Å². The molecule has 0 bridgehead atoms. The number of thiazole rings is 1. The van der Waals surface area contributed by atoms with Crippen LogP contribution in [0.4, 0.5) is 0 Å². The molecule has 0 spiro atoms. The number of ether oxygens (including phenoxy) is 1. The van der Waals surface area contributed by atoms with Gasteiger partial charge in [-0.25, -0.2) is 9.78 Å². The van der Waals surface area contributed by atoms with Gasteiger partial charge < -0.3 is 4.74 Å². The number of rotatable bonds is 3. The molecule has 8 heteroatoms. The first-order valence-corrected chi connectivity index (χ1v) is 7.46. The smallest absolute Gasteiger partial charge is 0.332 e. The third kappa shape index (κ3) is 2.02. The van der Waals surface area contributed by atoms with Gasteiger partial charge in [0.1, 0.15) is 0 Å². The number of fused-ring (bicyclic) bond motifs is 3. The molecule has 3 rings (SSSR count). The number of hydrogen-bond acceptors (Lipinski definition) is 5. The molecule has 0 aromatic carbocycles. The molecule has 3 aromatic rings. The zero-order valence-electron chi connectivity index (χ0n) is 12.3. The van der Waals surface area contributed by atoms with E-state index < -0.39 is 0 Å². The second kappa shape index (κ2) is 4.81. The van der Waals surface area contributed by atoms with E-state index in [1.807, 2.05) is 19.2 Å². The van der Waals surface area contributed by atoms with E-state index in [1.54, 1.807) is 11.4 Å². The van der Waals surface area contributed by atoms with Crippen LogP contribution < -0.4 is 11.2 Å². The van der Waals surface area contributed by atoms with Gasteiger partial charge in [0.05, 0.1) is 18.4 Å². The van der Waals surface area contributed by atoms with E-state index in [0.717, 1.165) is 10.3 Å². The van der Waals surface area contributed by atoms with Crippen molar-refractivity contribution < 1.29 is 4.74 Å². The third-order valence-corrected chi connectivity index (χ3v) is 4.25. The lowest BCUT2D eigenvalue weighted by Gasteiger charge is -2.07. The summed E-state index contributed by atoms with van der Waals surface area (Å²) in [4.78, 5) is 29.5. The fourth-order valence-corrected chi connectivity index (χ4v) is 3.11. The molecule has 3 heterocycles. The lowest BCUT2D eigenvalue weighted by Crippen LogP contribution is -2.37. The molecule has 0 aliphatic rings. The Morgan fingerprint density at radius 2 is 2.00 bits per heavy atom. The number of hydrogen-bond donors (Lipinski definition) is 0. The molecule has 0 radical (unpaired) electrons. The van der Waals surface area contributed by atoms with E-state index in [1.165, 1.54) is 23.0 Å². The first-order valence-electron chi connectivity index (χ1n) is 6.58. The molecule has 0 saturated heterocycles. The maximum atomic E-state index is 12.4. The topological polar surface area (TPSA) is 70.5 Å². The van der Waals surface area contributed by atoms with Crippen molar-refractivity contribution >= 4 is 27.5 Å². The van der Waals surface area contributed by atoms with Gasteiger partial charge in [-0.05, 0) is 13.8 Å². The van der Waals surface area contributed by atoms with E-state index in [4.69, 9.17) is 4.74 Å². The summed E-state index contributed by atoms with van der Waals surface area (Å²) in [6, 6.07) is 0. The predicted octanol–water partition coefficient (Wildman–Crippen LogP) is 0.871. The minimum Gasteiger partial charge on any atom is -0.373 e. The summed E-state index contributed by atoms with van der Waals surface area (Å²) in [7, 11) is 3.09. The Bertz CT molecular complexity index is 944. The minimum absolute atomic E-state index is 0.0990. The highest BCUT2D eigenvalue weighted by atomic mass is 32.1. The molecule has 0 aliphatic heterocycles. The van der Waals surface area contributed by atoms with E-state index >= 15 is 0 Å². The van der Waals surface area contributed by atoms with Gasteiger partial charge in [-0.2, -0.15) is 0 Å². The predicted molar refractivity (Wildman–Crippen MR) is 81.0 cm³/mol. The Balaban J connectivity index is 2.36. The summed E-state index contributed by atoms with van der Waals surface area (Å²) >= 11 is 1.43. The van der Waals surface area contributed by atoms with Gasteiger partial charge in [-0.15, -0.1) is 11.3 Å². The lowest BCUT2D eigenvalue weighted by atomic mass is 10.4. The summed E-state index contributed by atoms with van der Waals surface area (Å²) in [5.74, 6) is 0. The fraction of sp³-hybridized carbons (Fsp3) is 0.462. The molecule has 0 aliphatic carbocycles. The van der Waals surface area contributed by atoms with E-state index in [2.05, 4.69) is 4.98 Å². The summed E-state index contributed by atoms with van der Waals surface area (Å²) in [6.07, 6.45) is 0.0990. The highest BCUT2D eigenvalue weighted by Crippen LogP contribution is 2.21. The summed E-state index contributed by atoms with van der Waals surface area (Å²) in [6.45, 7) is 4.31. The van der Waals surface area contributed by atoms with Gasteiger partial charge in [-0.1, -0.05) is 0 Å². The number of imidazole rings is 1. The van der Waals surface area contributed by atoms with Crippen LogP contribution in [-0.4, -0.2) is 24.6 Å². The van der Waals surface area contributed by atoms with Gasteiger partial charge in [0.2, 0.25) is 0 Å². The van der Waals surface area contributed by atoms with Crippen molar-refractivity contribution in [2.75, 3.05) is 0 Å². The number of nitrogens with zero attached hydrogens (tertiary/aromatic N) is 4. The highest BCUT2D eigenvalue weighted by molar-refractivity contribution is 7.15. The second-order valence-corrected chi connectivity index (χ2v) is 6.03. The zero-order valence-corrected chi connectivity index (χ0v) is 13.1. The van der Waals surface area contributed by atoms with Crippen molar-refractivity contribution in [3.8, 4) is 0 Å². The van der Waals surface area contributed by atoms with Gasteiger partial charge in [0.25, 0.3) is 5.56 Å². The van der Waals surface area contributed by atoms with Crippen LogP contribution in [0.15, 0.2) is 15.0 Å². The third-order valence-electron chi connectivity index (χ3n) is 3.38. The molecular formula is C13H16N4O3S. The molecule has 0 saturated carbocycles. The van der Waals surface area contributed by atoms with Crippen LogP contribution in [0.2, 0.25) is 0 Å². The maximum Gasteiger partial charge on any atom is 0.332 e. The minimum atomic E-state index is -0.377. The van der Waals surface area contributed by atoms with Gasteiger partial charge in [0, 0.05) is 19.5 Å². The van der Waals surface area contributed by atoms with Gasteiger partial charge in [0.15, 0.2) is 16.1 Å². The molecule has 0 unspecified atom stereocenters. The Labute approximate surface area is 124 Å².